The van der Waals surface area contributed by atoms with Gasteiger partial charge in [-0.25, -0.2) is 0 Å². The van der Waals surface area contributed by atoms with E-state index in [0.717, 1.165) is 12.0 Å². The molecule has 2 nitrogen and oxygen atoms in total. The number of hydrogen-bond acceptors (Lipinski definition) is 2. The molecular weight excluding hydrogens is 224 g/mol. The predicted octanol–water partition coefficient (Wildman–Crippen LogP) is 3.54. The third-order valence-electron chi connectivity index (χ3n) is 2.88. The summed E-state index contributed by atoms with van der Waals surface area (Å²) >= 11 is 0. The fourth-order valence-electron chi connectivity index (χ4n) is 1.86. The summed E-state index contributed by atoms with van der Waals surface area (Å²) in [5.74, 6) is 0.340. The van der Waals surface area contributed by atoms with Crippen LogP contribution < -0.4 is 0 Å². The molecule has 0 fully saturated rings. The van der Waals surface area contributed by atoms with Gasteiger partial charge in [0.2, 0.25) is 0 Å². The van der Waals surface area contributed by atoms with Crippen LogP contribution in [0.3, 0.4) is 0 Å². The number of benzene rings is 2. The number of para-hydroxylation sites is 1. The lowest BCUT2D eigenvalue weighted by Crippen LogP contribution is -2.11. The Morgan fingerprint density at radius 3 is 2.39 bits per heavy atom. The first-order valence-electron chi connectivity index (χ1n) is 6.18. The summed E-state index contributed by atoms with van der Waals surface area (Å²) in [5.41, 5.74) is 2.10. The lowest BCUT2D eigenvalue weighted by Gasteiger charge is -2.14. The summed E-state index contributed by atoms with van der Waals surface area (Å²) in [6, 6.07) is 17.5. The Kier molecular flexibility index (Phi) is 4.37. The molecule has 94 valence electrons. The molecule has 2 aromatic rings. The van der Waals surface area contributed by atoms with Crippen LogP contribution in [0, 0.1) is 0 Å². The van der Waals surface area contributed by atoms with E-state index in [-0.39, 0.29) is 6.10 Å². The summed E-state index contributed by atoms with van der Waals surface area (Å²) in [4.78, 5) is 0. The lowest BCUT2D eigenvalue weighted by molar-refractivity contribution is 0.0531. The van der Waals surface area contributed by atoms with Gasteiger partial charge in [-0.2, -0.15) is 0 Å². The smallest absolute Gasteiger partial charge is 0.118 e. The Bertz CT molecular complexity index is 479. The number of phenolic OH excluding ortho intramolecular Hbond substituents is 1. The minimum Gasteiger partial charge on any atom is -0.508 e. The monoisotopic (exact) mass is 242 g/mol. The fraction of sp³-hybridized carbons (Fsp3) is 0.250. The van der Waals surface area contributed by atoms with Crippen molar-refractivity contribution in [1.82, 2.24) is 0 Å². The maximum Gasteiger partial charge on any atom is 0.118 e. The van der Waals surface area contributed by atoms with Crippen molar-refractivity contribution >= 4 is 0 Å². The second-order valence-electron chi connectivity index (χ2n) is 4.44. The van der Waals surface area contributed by atoms with Crippen LogP contribution in [0.5, 0.6) is 5.75 Å². The molecule has 0 radical (unpaired) electrons. The number of aromatic hydroxyl groups is 1. The van der Waals surface area contributed by atoms with E-state index in [1.165, 1.54) is 5.56 Å². The average molecular weight is 242 g/mol. The van der Waals surface area contributed by atoms with Crippen molar-refractivity contribution in [2.24, 2.45) is 0 Å². The summed E-state index contributed by atoms with van der Waals surface area (Å²) in [6.07, 6.45) is 0.804. The van der Waals surface area contributed by atoms with E-state index in [2.05, 4.69) is 0 Å². The van der Waals surface area contributed by atoms with Crippen LogP contribution in [0.4, 0.5) is 0 Å². The molecule has 0 amide bonds. The van der Waals surface area contributed by atoms with Crippen molar-refractivity contribution in [2.75, 3.05) is 0 Å². The minimum absolute atomic E-state index is 0.0820. The highest BCUT2D eigenvalue weighted by atomic mass is 16.5. The van der Waals surface area contributed by atoms with E-state index in [4.69, 9.17) is 4.74 Å². The molecule has 1 atom stereocenters. The fourth-order valence-corrected chi connectivity index (χ4v) is 1.86. The molecule has 18 heavy (non-hydrogen) atoms. The summed E-state index contributed by atoms with van der Waals surface area (Å²) < 4.78 is 5.78. The van der Waals surface area contributed by atoms with E-state index in [1.54, 1.807) is 6.07 Å². The Labute approximate surface area is 108 Å². The SMILES string of the molecule is CC(Cc1ccccc1O)OCc1ccccc1. The quantitative estimate of drug-likeness (QED) is 0.869. The molecule has 2 rings (SSSR count). The number of ether oxygens (including phenoxy) is 1. The maximum absolute atomic E-state index is 9.69. The molecule has 0 saturated carbocycles. The van der Waals surface area contributed by atoms with Crippen molar-refractivity contribution in [3.05, 3.63) is 65.7 Å². The van der Waals surface area contributed by atoms with Crippen LogP contribution in [0.15, 0.2) is 54.6 Å². The van der Waals surface area contributed by atoms with E-state index in [9.17, 15) is 5.11 Å². The Balaban J connectivity index is 1.86. The largest absolute Gasteiger partial charge is 0.508 e. The minimum atomic E-state index is 0.0820. The van der Waals surface area contributed by atoms with E-state index >= 15 is 0 Å². The van der Waals surface area contributed by atoms with Crippen LogP contribution in [-0.4, -0.2) is 11.2 Å². The molecule has 0 aromatic heterocycles. The van der Waals surface area contributed by atoms with Crippen molar-refractivity contribution < 1.29 is 9.84 Å². The van der Waals surface area contributed by atoms with Crippen molar-refractivity contribution in [1.29, 1.82) is 0 Å². The third kappa shape index (κ3) is 3.60. The molecular formula is C16H18O2. The third-order valence-corrected chi connectivity index (χ3v) is 2.88. The van der Waals surface area contributed by atoms with Crippen LogP contribution in [0.2, 0.25) is 0 Å². The number of rotatable bonds is 5. The van der Waals surface area contributed by atoms with Gasteiger partial charge in [0.1, 0.15) is 5.75 Å². The first kappa shape index (κ1) is 12.7. The van der Waals surface area contributed by atoms with E-state index < -0.39 is 0 Å². The highest BCUT2D eigenvalue weighted by Crippen LogP contribution is 2.18. The first-order valence-corrected chi connectivity index (χ1v) is 6.18. The number of phenols is 1. The zero-order valence-electron chi connectivity index (χ0n) is 10.5. The highest BCUT2D eigenvalue weighted by Gasteiger charge is 2.07. The van der Waals surface area contributed by atoms with Gasteiger partial charge in [0, 0.05) is 6.42 Å². The average Bonchev–Trinajstić information content (AvgIpc) is 2.40. The molecule has 1 unspecified atom stereocenters. The topological polar surface area (TPSA) is 29.5 Å². The molecule has 2 heteroatoms. The molecule has 0 heterocycles. The number of hydrogen-bond donors (Lipinski definition) is 1. The van der Waals surface area contributed by atoms with Crippen molar-refractivity contribution in [2.45, 2.75) is 26.1 Å². The zero-order chi connectivity index (χ0) is 12.8. The normalized spacial score (nSPS) is 12.3. The predicted molar refractivity (Wildman–Crippen MR) is 72.5 cm³/mol. The van der Waals surface area contributed by atoms with Gasteiger partial charge in [-0.15, -0.1) is 0 Å². The zero-order valence-corrected chi connectivity index (χ0v) is 10.5. The second-order valence-corrected chi connectivity index (χ2v) is 4.44. The molecule has 0 aliphatic heterocycles. The first-order chi connectivity index (χ1) is 8.75. The molecule has 0 spiro atoms. The van der Waals surface area contributed by atoms with Crippen LogP contribution in [0.25, 0.3) is 0 Å². The van der Waals surface area contributed by atoms with Gasteiger partial charge < -0.3 is 9.84 Å². The highest BCUT2D eigenvalue weighted by molar-refractivity contribution is 5.32. The van der Waals surface area contributed by atoms with Crippen molar-refractivity contribution in [3.63, 3.8) is 0 Å². The Morgan fingerprint density at radius 1 is 1.00 bits per heavy atom. The Morgan fingerprint density at radius 2 is 1.67 bits per heavy atom. The van der Waals surface area contributed by atoms with Crippen LogP contribution in [-0.2, 0) is 17.8 Å². The lowest BCUT2D eigenvalue weighted by atomic mass is 10.1. The summed E-state index contributed by atoms with van der Waals surface area (Å²) in [5, 5.41) is 9.69. The van der Waals surface area contributed by atoms with Gasteiger partial charge in [-0.1, -0.05) is 48.5 Å². The standard InChI is InChI=1S/C16H18O2/c1-13(11-15-9-5-6-10-16(15)17)18-12-14-7-3-2-4-8-14/h2-10,13,17H,11-12H2,1H3. The summed E-state index contributed by atoms with van der Waals surface area (Å²) in [7, 11) is 0. The van der Waals surface area contributed by atoms with Gasteiger partial charge in [-0.3, -0.25) is 0 Å². The molecule has 0 aliphatic carbocycles. The van der Waals surface area contributed by atoms with Gasteiger partial charge in [0.15, 0.2) is 0 Å². The van der Waals surface area contributed by atoms with E-state index in [1.807, 2.05) is 55.5 Å². The molecule has 0 bridgehead atoms. The molecule has 0 saturated heterocycles. The van der Waals surface area contributed by atoms with E-state index in [0.29, 0.717) is 12.4 Å². The molecule has 0 aliphatic rings. The second kappa shape index (κ2) is 6.22. The van der Waals surface area contributed by atoms with Gasteiger partial charge in [0.25, 0.3) is 0 Å². The van der Waals surface area contributed by atoms with Gasteiger partial charge in [-0.05, 0) is 24.1 Å². The van der Waals surface area contributed by atoms with Gasteiger partial charge >= 0.3 is 0 Å². The van der Waals surface area contributed by atoms with Crippen molar-refractivity contribution in [3.8, 4) is 5.75 Å². The van der Waals surface area contributed by atoms with Crippen LogP contribution in [0.1, 0.15) is 18.1 Å². The van der Waals surface area contributed by atoms with Crippen LogP contribution >= 0.6 is 0 Å². The Hall–Kier alpha value is -1.80. The summed E-state index contributed by atoms with van der Waals surface area (Å²) in [6.45, 7) is 2.63. The van der Waals surface area contributed by atoms with Gasteiger partial charge in [0.05, 0.1) is 12.7 Å². The maximum atomic E-state index is 9.69. The molecule has 1 N–H and O–H groups in total. The molecule has 2 aromatic carbocycles.